The van der Waals surface area contributed by atoms with Gasteiger partial charge in [0.2, 0.25) is 5.09 Å². The van der Waals surface area contributed by atoms with E-state index in [2.05, 4.69) is 57.8 Å². The van der Waals surface area contributed by atoms with Crippen molar-refractivity contribution < 1.29 is 12.8 Å². The lowest BCUT2D eigenvalue weighted by Gasteiger charge is -2.10. The Morgan fingerprint density at radius 1 is 1.14 bits per heavy atom. The maximum atomic E-state index is 12.3. The zero-order valence-electron chi connectivity index (χ0n) is 10.8. The number of nitrogens with one attached hydrogen (secondary N) is 2. The van der Waals surface area contributed by atoms with E-state index in [1.54, 1.807) is 25.2 Å². The van der Waals surface area contributed by atoms with E-state index in [9.17, 15) is 8.42 Å². The molecule has 0 unspecified atom stereocenters. The fourth-order valence-corrected chi connectivity index (χ4v) is 5.37. The summed E-state index contributed by atoms with van der Waals surface area (Å²) in [5.74, 6) is 0.548. The van der Waals surface area contributed by atoms with Gasteiger partial charge < -0.3 is 9.73 Å². The van der Waals surface area contributed by atoms with Crippen molar-refractivity contribution in [2.24, 2.45) is 0 Å². The van der Waals surface area contributed by atoms with Crippen LogP contribution in [0.3, 0.4) is 0 Å². The smallest absolute Gasteiger partial charge is 0.295 e. The number of anilines is 1. The third-order valence-electron chi connectivity index (χ3n) is 2.50. The quantitative estimate of drug-likeness (QED) is 0.646. The van der Waals surface area contributed by atoms with Crippen molar-refractivity contribution in [1.29, 1.82) is 0 Å². The van der Waals surface area contributed by atoms with E-state index < -0.39 is 10.0 Å². The van der Waals surface area contributed by atoms with Crippen LogP contribution in [-0.2, 0) is 16.6 Å². The number of hydrogen-bond donors (Lipinski definition) is 2. The molecule has 0 saturated heterocycles. The van der Waals surface area contributed by atoms with Crippen molar-refractivity contribution >= 4 is 63.5 Å². The highest BCUT2D eigenvalue weighted by molar-refractivity contribution is 9.11. The second-order valence-electron chi connectivity index (χ2n) is 4.10. The highest BCUT2D eigenvalue weighted by atomic mass is 79.9. The Morgan fingerprint density at radius 2 is 1.76 bits per heavy atom. The predicted molar refractivity (Wildman–Crippen MR) is 91.8 cm³/mol. The van der Waals surface area contributed by atoms with Crippen molar-refractivity contribution in [3.05, 3.63) is 43.4 Å². The first-order chi connectivity index (χ1) is 9.83. The van der Waals surface area contributed by atoms with E-state index >= 15 is 0 Å². The molecule has 0 atom stereocenters. The number of sulfonamides is 1. The van der Waals surface area contributed by atoms with Crippen LogP contribution < -0.4 is 10.0 Å². The Bertz CT molecular complexity index is 736. The second-order valence-corrected chi connectivity index (χ2v) is 8.34. The van der Waals surface area contributed by atoms with Crippen LogP contribution in [-0.4, -0.2) is 15.5 Å². The van der Waals surface area contributed by atoms with E-state index in [0.717, 1.165) is 4.47 Å². The molecule has 0 bridgehead atoms. The SMILES string of the molecule is CNCc1ccc(S(=O)(=O)Nc2c(Br)cc(Br)cc2Br)o1. The minimum atomic E-state index is -3.79. The zero-order chi connectivity index (χ0) is 15.6. The lowest BCUT2D eigenvalue weighted by atomic mass is 10.3. The number of hydrogen-bond acceptors (Lipinski definition) is 4. The molecular formula is C12H11Br3N2O3S. The molecule has 0 aliphatic rings. The Kier molecular flexibility index (Phi) is 5.53. The Hall–Kier alpha value is -0.350. The van der Waals surface area contributed by atoms with Gasteiger partial charge in [0.25, 0.3) is 10.0 Å². The third-order valence-corrected chi connectivity index (χ3v) is 5.43. The second kappa shape index (κ2) is 6.82. The fraction of sp³-hybridized carbons (Fsp3) is 0.167. The van der Waals surface area contributed by atoms with Gasteiger partial charge in [-0.3, -0.25) is 4.72 Å². The van der Waals surface area contributed by atoms with Crippen molar-refractivity contribution in [3.8, 4) is 0 Å². The van der Waals surface area contributed by atoms with Crippen LogP contribution in [0.15, 0.2) is 47.2 Å². The Balaban J connectivity index is 2.33. The maximum absolute atomic E-state index is 12.3. The first-order valence-electron chi connectivity index (χ1n) is 5.74. The standard InChI is InChI=1S/C12H11Br3N2O3S/c1-16-6-8-2-3-11(20-8)21(18,19)17-12-9(14)4-7(13)5-10(12)15/h2-5,16-17H,6H2,1H3. The molecule has 0 amide bonds. The van der Waals surface area contributed by atoms with Crippen molar-refractivity contribution in [2.75, 3.05) is 11.8 Å². The minimum Gasteiger partial charge on any atom is -0.446 e. The van der Waals surface area contributed by atoms with Gasteiger partial charge in [-0.1, -0.05) is 15.9 Å². The van der Waals surface area contributed by atoms with Crippen molar-refractivity contribution in [3.63, 3.8) is 0 Å². The molecular weight excluding hydrogens is 492 g/mol. The number of furan rings is 1. The molecule has 1 aromatic heterocycles. The molecule has 21 heavy (non-hydrogen) atoms. The highest BCUT2D eigenvalue weighted by Crippen LogP contribution is 2.35. The third kappa shape index (κ3) is 4.10. The summed E-state index contributed by atoms with van der Waals surface area (Å²) in [5.41, 5.74) is 0.407. The summed E-state index contributed by atoms with van der Waals surface area (Å²) < 4.78 is 34.5. The summed E-state index contributed by atoms with van der Waals surface area (Å²) in [5, 5.41) is 2.76. The predicted octanol–water partition coefficient (Wildman–Crippen LogP) is 4.09. The normalized spacial score (nSPS) is 11.6. The molecule has 0 spiro atoms. The minimum absolute atomic E-state index is 0.130. The van der Waals surface area contributed by atoms with Gasteiger partial charge in [0.1, 0.15) is 5.76 Å². The maximum Gasteiger partial charge on any atom is 0.295 e. The Labute approximate surface area is 147 Å². The molecule has 2 rings (SSSR count). The first-order valence-corrected chi connectivity index (χ1v) is 9.60. The molecule has 0 saturated carbocycles. The Morgan fingerprint density at radius 3 is 2.33 bits per heavy atom. The van der Waals surface area contributed by atoms with Crippen LogP contribution in [0.1, 0.15) is 5.76 Å². The van der Waals surface area contributed by atoms with E-state index in [-0.39, 0.29) is 5.09 Å². The average Bonchev–Trinajstić information content (AvgIpc) is 2.84. The molecule has 1 aromatic carbocycles. The van der Waals surface area contributed by atoms with E-state index in [1.165, 1.54) is 6.07 Å². The van der Waals surface area contributed by atoms with Crippen LogP contribution in [0.4, 0.5) is 5.69 Å². The topological polar surface area (TPSA) is 71.3 Å². The highest BCUT2D eigenvalue weighted by Gasteiger charge is 2.21. The molecule has 5 nitrogen and oxygen atoms in total. The van der Waals surface area contributed by atoms with Gasteiger partial charge in [-0.2, -0.15) is 8.42 Å². The van der Waals surface area contributed by atoms with Crippen molar-refractivity contribution in [1.82, 2.24) is 5.32 Å². The number of benzene rings is 1. The average molecular weight is 503 g/mol. The number of halogens is 3. The largest absolute Gasteiger partial charge is 0.446 e. The molecule has 9 heteroatoms. The van der Waals surface area contributed by atoms with Gasteiger partial charge in [0, 0.05) is 13.4 Å². The van der Waals surface area contributed by atoms with Gasteiger partial charge in [0.15, 0.2) is 0 Å². The molecule has 0 fully saturated rings. The lowest BCUT2D eigenvalue weighted by Crippen LogP contribution is -2.13. The van der Waals surface area contributed by atoms with Crippen LogP contribution in [0.25, 0.3) is 0 Å². The summed E-state index contributed by atoms with van der Waals surface area (Å²) in [7, 11) is -2.03. The van der Waals surface area contributed by atoms with Crippen LogP contribution >= 0.6 is 47.8 Å². The van der Waals surface area contributed by atoms with E-state index in [1.807, 2.05) is 0 Å². The molecule has 0 radical (unpaired) electrons. The monoisotopic (exact) mass is 500 g/mol. The lowest BCUT2D eigenvalue weighted by molar-refractivity contribution is 0.408. The molecule has 2 N–H and O–H groups in total. The summed E-state index contributed by atoms with van der Waals surface area (Å²) in [6.07, 6.45) is 0. The van der Waals surface area contributed by atoms with E-state index in [0.29, 0.717) is 26.9 Å². The zero-order valence-corrected chi connectivity index (χ0v) is 16.4. The number of rotatable bonds is 5. The molecule has 114 valence electrons. The molecule has 2 aromatic rings. The molecule has 0 aliphatic heterocycles. The summed E-state index contributed by atoms with van der Waals surface area (Å²) >= 11 is 9.98. The van der Waals surface area contributed by atoms with Gasteiger partial charge in [-0.05, 0) is 63.2 Å². The van der Waals surface area contributed by atoms with Gasteiger partial charge in [0.05, 0.1) is 12.2 Å². The first kappa shape index (κ1) is 17.0. The summed E-state index contributed by atoms with van der Waals surface area (Å²) in [6.45, 7) is 0.460. The van der Waals surface area contributed by atoms with Crippen LogP contribution in [0, 0.1) is 0 Å². The van der Waals surface area contributed by atoms with Gasteiger partial charge in [-0.15, -0.1) is 0 Å². The molecule has 1 heterocycles. The van der Waals surface area contributed by atoms with E-state index in [4.69, 9.17) is 4.42 Å². The summed E-state index contributed by atoms with van der Waals surface area (Å²) in [4.78, 5) is 0. The van der Waals surface area contributed by atoms with Crippen LogP contribution in [0.2, 0.25) is 0 Å². The molecule has 0 aliphatic carbocycles. The van der Waals surface area contributed by atoms with Crippen molar-refractivity contribution in [2.45, 2.75) is 11.6 Å². The van der Waals surface area contributed by atoms with Gasteiger partial charge >= 0.3 is 0 Å². The summed E-state index contributed by atoms with van der Waals surface area (Å²) in [6, 6.07) is 6.54. The van der Waals surface area contributed by atoms with Gasteiger partial charge in [-0.25, -0.2) is 0 Å². The fourth-order valence-electron chi connectivity index (χ4n) is 1.60. The van der Waals surface area contributed by atoms with Crippen LogP contribution in [0.5, 0.6) is 0 Å².